The highest BCUT2D eigenvalue weighted by Gasteiger charge is 2.26. The van der Waals surface area contributed by atoms with Gasteiger partial charge in [0.25, 0.3) is 0 Å². The fourth-order valence-electron chi connectivity index (χ4n) is 3.25. The van der Waals surface area contributed by atoms with Crippen LogP contribution in [0.25, 0.3) is 0 Å². The molecule has 1 amide bonds. The van der Waals surface area contributed by atoms with E-state index in [-0.39, 0.29) is 18.8 Å². The van der Waals surface area contributed by atoms with Crippen LogP contribution in [-0.2, 0) is 40.8 Å². The quantitative estimate of drug-likeness (QED) is 0.278. The number of esters is 1. The van der Waals surface area contributed by atoms with Crippen LogP contribution in [0.5, 0.6) is 5.75 Å². The molecule has 0 heterocycles. The molecule has 37 heavy (non-hydrogen) atoms. The zero-order valence-electron chi connectivity index (χ0n) is 20.7. The summed E-state index contributed by atoms with van der Waals surface area (Å²) in [6.45, 7) is 0.0558. The van der Waals surface area contributed by atoms with Crippen molar-refractivity contribution in [3.8, 4) is 5.75 Å². The molecule has 3 aromatic rings. The monoisotopic (exact) mass is 547 g/mol. The maximum absolute atomic E-state index is 13.0. The van der Waals surface area contributed by atoms with Crippen molar-refractivity contribution in [3.05, 3.63) is 96.1 Å². The second kappa shape index (κ2) is 12.7. The molecule has 0 aliphatic carbocycles. The fourth-order valence-corrected chi connectivity index (χ4v) is 6.24. The summed E-state index contributed by atoms with van der Waals surface area (Å²) in [4.78, 5) is 26.1. The molecule has 198 valence electrons. The first-order chi connectivity index (χ1) is 17.6. The molecule has 0 bridgehead atoms. The van der Waals surface area contributed by atoms with Gasteiger partial charge in [0, 0.05) is 11.3 Å². The number of alkyl carbamates (subject to hydrolysis) is 1. The van der Waals surface area contributed by atoms with E-state index in [4.69, 9.17) is 13.1 Å². The molecule has 1 atom stereocenters. The average molecular weight is 548 g/mol. The van der Waals surface area contributed by atoms with Crippen LogP contribution < -0.4 is 10.1 Å². The summed E-state index contributed by atoms with van der Waals surface area (Å²) in [7, 11) is -5.32. The second-order valence-electron chi connectivity index (χ2n) is 8.22. The molecular weight excluding hydrogens is 518 g/mol. The minimum atomic E-state index is -4.13. The standard InChI is InChI=1S/C26H29NO8S2/c1-32-37(30,31)35-36(2,3)23-16-14-22(15-17-23)34-25(28)24(18-20-10-6-4-7-11-20)27-26(29)33-19-21-12-8-5-9-13-21/h4-17,24H,18-19H2,1-3H3,(H,27,29)/t24-/m0/s1. The number of rotatable bonds is 11. The molecule has 0 unspecified atom stereocenters. The summed E-state index contributed by atoms with van der Waals surface area (Å²) in [5.41, 5.74) is 1.64. The summed E-state index contributed by atoms with van der Waals surface area (Å²) < 4.78 is 43.7. The topological polar surface area (TPSA) is 117 Å². The van der Waals surface area contributed by atoms with E-state index in [9.17, 15) is 18.0 Å². The maximum Gasteiger partial charge on any atom is 0.409 e. The van der Waals surface area contributed by atoms with Gasteiger partial charge in [0.05, 0.1) is 7.11 Å². The van der Waals surface area contributed by atoms with Crippen molar-refractivity contribution in [2.24, 2.45) is 0 Å². The van der Waals surface area contributed by atoms with Gasteiger partial charge in [-0.15, -0.1) is 0 Å². The number of carbonyl (C=O) groups is 2. The highest BCUT2D eigenvalue weighted by molar-refractivity contribution is 8.31. The van der Waals surface area contributed by atoms with E-state index in [2.05, 4.69) is 9.50 Å². The van der Waals surface area contributed by atoms with Crippen molar-refractivity contribution in [3.63, 3.8) is 0 Å². The van der Waals surface area contributed by atoms with Crippen LogP contribution in [0.15, 0.2) is 89.8 Å². The third-order valence-electron chi connectivity index (χ3n) is 5.14. The number of hydrogen-bond donors (Lipinski definition) is 1. The first-order valence-electron chi connectivity index (χ1n) is 11.2. The summed E-state index contributed by atoms with van der Waals surface area (Å²) in [5.74, 6) is -0.464. The van der Waals surface area contributed by atoms with E-state index in [0.717, 1.165) is 18.2 Å². The smallest absolute Gasteiger partial charge is 0.409 e. The van der Waals surface area contributed by atoms with Gasteiger partial charge in [0.1, 0.15) is 18.4 Å². The molecule has 0 fully saturated rings. The highest BCUT2D eigenvalue weighted by Crippen LogP contribution is 2.51. The minimum Gasteiger partial charge on any atom is -0.445 e. The van der Waals surface area contributed by atoms with Crippen LogP contribution >= 0.6 is 10.3 Å². The second-order valence-corrected chi connectivity index (χ2v) is 12.8. The normalized spacial score (nSPS) is 12.8. The third kappa shape index (κ3) is 8.90. The number of amides is 1. The Kier molecular flexibility index (Phi) is 9.70. The van der Waals surface area contributed by atoms with Gasteiger partial charge in [-0.3, -0.25) is 4.18 Å². The Bertz CT molecular complexity index is 1280. The first-order valence-corrected chi connectivity index (χ1v) is 14.9. The van der Waals surface area contributed by atoms with Gasteiger partial charge in [0.15, 0.2) is 0 Å². The molecule has 0 aromatic heterocycles. The van der Waals surface area contributed by atoms with Gasteiger partial charge in [-0.1, -0.05) is 71.0 Å². The highest BCUT2D eigenvalue weighted by atomic mass is 32.3. The van der Waals surface area contributed by atoms with Crippen LogP contribution in [0.4, 0.5) is 4.79 Å². The lowest BCUT2D eigenvalue weighted by Gasteiger charge is -2.29. The summed E-state index contributed by atoms with van der Waals surface area (Å²) in [6.07, 6.45) is 2.73. The van der Waals surface area contributed by atoms with Crippen molar-refractivity contribution in [2.75, 3.05) is 19.6 Å². The van der Waals surface area contributed by atoms with E-state index < -0.39 is 38.8 Å². The van der Waals surface area contributed by atoms with Crippen molar-refractivity contribution in [1.82, 2.24) is 5.32 Å². The predicted octanol–water partition coefficient (Wildman–Crippen LogP) is 4.38. The van der Waals surface area contributed by atoms with E-state index in [1.54, 1.807) is 24.6 Å². The molecule has 3 rings (SSSR count). The lowest BCUT2D eigenvalue weighted by atomic mass is 10.1. The van der Waals surface area contributed by atoms with Crippen molar-refractivity contribution in [2.45, 2.75) is 24.0 Å². The summed E-state index contributed by atoms with van der Waals surface area (Å²) >= 11 is 0. The van der Waals surface area contributed by atoms with Crippen LogP contribution in [0.1, 0.15) is 11.1 Å². The maximum atomic E-state index is 13.0. The Labute approximate surface area is 218 Å². The summed E-state index contributed by atoms with van der Waals surface area (Å²) in [6, 6.07) is 23.6. The molecule has 0 saturated heterocycles. The largest absolute Gasteiger partial charge is 0.445 e. The Hall–Kier alpha value is -3.38. The van der Waals surface area contributed by atoms with Gasteiger partial charge >= 0.3 is 22.5 Å². The summed E-state index contributed by atoms with van der Waals surface area (Å²) in [5, 5.41) is 2.59. The first kappa shape index (κ1) is 28.2. The molecule has 0 radical (unpaired) electrons. The van der Waals surface area contributed by atoms with Crippen LogP contribution in [-0.4, -0.2) is 46.1 Å². The van der Waals surface area contributed by atoms with E-state index in [1.807, 2.05) is 60.7 Å². The molecule has 0 saturated carbocycles. The third-order valence-corrected chi connectivity index (χ3v) is 8.98. The molecule has 9 nitrogen and oxygen atoms in total. The van der Waals surface area contributed by atoms with Gasteiger partial charge in [0.2, 0.25) is 0 Å². The van der Waals surface area contributed by atoms with Gasteiger partial charge in [-0.25, -0.2) is 9.59 Å². The SMILES string of the molecule is COS(=O)(=O)OS(C)(C)c1ccc(OC(=O)[C@H](Cc2ccccc2)NC(=O)OCc2ccccc2)cc1. The van der Waals surface area contributed by atoms with Crippen molar-refractivity contribution >= 4 is 32.8 Å². The van der Waals surface area contributed by atoms with Crippen LogP contribution in [0.3, 0.4) is 0 Å². The predicted molar refractivity (Wildman–Crippen MR) is 140 cm³/mol. The number of hydrogen-bond acceptors (Lipinski definition) is 8. The van der Waals surface area contributed by atoms with Gasteiger partial charge in [-0.2, -0.15) is 12.0 Å². The van der Waals surface area contributed by atoms with E-state index in [0.29, 0.717) is 4.90 Å². The van der Waals surface area contributed by atoms with Gasteiger partial charge < -0.3 is 14.8 Å². The van der Waals surface area contributed by atoms with E-state index >= 15 is 0 Å². The molecule has 0 aliphatic heterocycles. The Morgan fingerprint density at radius 1 is 0.838 bits per heavy atom. The molecule has 0 aliphatic rings. The van der Waals surface area contributed by atoms with Gasteiger partial charge in [-0.05, 0) is 47.9 Å². The lowest BCUT2D eigenvalue weighted by Crippen LogP contribution is -2.44. The van der Waals surface area contributed by atoms with Crippen molar-refractivity contribution in [1.29, 1.82) is 0 Å². The molecule has 11 heteroatoms. The van der Waals surface area contributed by atoms with Crippen LogP contribution in [0, 0.1) is 0 Å². The zero-order chi connectivity index (χ0) is 26.9. The van der Waals surface area contributed by atoms with E-state index in [1.165, 1.54) is 12.1 Å². The number of ether oxygens (including phenoxy) is 2. The molecular formula is C26H29NO8S2. The Balaban J connectivity index is 1.68. The van der Waals surface area contributed by atoms with Crippen LogP contribution in [0.2, 0.25) is 0 Å². The number of carbonyl (C=O) groups excluding carboxylic acids is 2. The Morgan fingerprint density at radius 3 is 1.97 bits per heavy atom. The molecule has 3 aromatic carbocycles. The number of nitrogens with one attached hydrogen (secondary N) is 1. The lowest BCUT2D eigenvalue weighted by molar-refractivity contribution is -0.136. The number of benzene rings is 3. The fraction of sp³-hybridized carbons (Fsp3) is 0.231. The average Bonchev–Trinajstić information content (AvgIpc) is 2.88. The zero-order valence-corrected chi connectivity index (χ0v) is 22.3. The minimum absolute atomic E-state index is 0.0558. The molecule has 1 N–H and O–H groups in total. The van der Waals surface area contributed by atoms with Crippen molar-refractivity contribution < 1.29 is 35.3 Å². The Morgan fingerprint density at radius 2 is 1.41 bits per heavy atom. The molecule has 0 spiro atoms.